The van der Waals surface area contributed by atoms with Crippen LogP contribution in [0, 0.1) is 0 Å². The Bertz CT molecular complexity index is 566. The van der Waals surface area contributed by atoms with Gasteiger partial charge < -0.3 is 10.6 Å². The number of carbonyl (C=O) groups excluding carboxylic acids is 1. The minimum atomic E-state index is -0.145. The van der Waals surface area contributed by atoms with E-state index in [2.05, 4.69) is 22.5 Å². The molecular formula is C17H21N3O. The van der Waals surface area contributed by atoms with Crippen LogP contribution in [-0.2, 0) is 0 Å². The molecule has 1 amide bonds. The van der Waals surface area contributed by atoms with E-state index in [0.717, 1.165) is 24.2 Å². The van der Waals surface area contributed by atoms with Crippen LogP contribution in [0.3, 0.4) is 0 Å². The molecule has 1 atom stereocenters. The van der Waals surface area contributed by atoms with Crippen LogP contribution in [0.1, 0.15) is 42.4 Å². The van der Waals surface area contributed by atoms with Crippen LogP contribution in [0.5, 0.6) is 0 Å². The molecule has 2 N–H and O–H groups in total. The number of rotatable bonds is 6. The summed E-state index contributed by atoms with van der Waals surface area (Å²) in [6.45, 7) is 4.91. The average Bonchev–Trinajstić information content (AvgIpc) is 2.54. The lowest BCUT2D eigenvalue weighted by molar-refractivity contribution is 0.0930. The van der Waals surface area contributed by atoms with E-state index in [0.29, 0.717) is 5.69 Å². The van der Waals surface area contributed by atoms with Gasteiger partial charge in [0.1, 0.15) is 5.69 Å². The molecule has 0 spiro atoms. The number of benzene rings is 1. The molecule has 2 aromatic rings. The van der Waals surface area contributed by atoms with Gasteiger partial charge in [0, 0.05) is 6.54 Å². The predicted molar refractivity (Wildman–Crippen MR) is 85.3 cm³/mol. The highest BCUT2D eigenvalue weighted by Crippen LogP contribution is 2.16. The van der Waals surface area contributed by atoms with Crippen molar-refractivity contribution < 1.29 is 4.79 Å². The number of anilines is 1. The highest BCUT2D eigenvalue weighted by Gasteiger charge is 2.14. The minimum absolute atomic E-state index is 0.00828. The second-order valence-corrected chi connectivity index (χ2v) is 4.81. The third-order valence-corrected chi connectivity index (χ3v) is 3.29. The van der Waals surface area contributed by atoms with Gasteiger partial charge in [0.25, 0.3) is 5.91 Å². The highest BCUT2D eigenvalue weighted by molar-refractivity contribution is 5.92. The third-order valence-electron chi connectivity index (χ3n) is 3.29. The summed E-state index contributed by atoms with van der Waals surface area (Å²) < 4.78 is 0. The maximum Gasteiger partial charge on any atom is 0.270 e. The molecule has 0 aliphatic carbocycles. The molecule has 110 valence electrons. The molecule has 0 aliphatic rings. The van der Waals surface area contributed by atoms with Crippen LogP contribution in [-0.4, -0.2) is 17.4 Å². The van der Waals surface area contributed by atoms with E-state index >= 15 is 0 Å². The van der Waals surface area contributed by atoms with Gasteiger partial charge in [-0.3, -0.25) is 4.79 Å². The summed E-state index contributed by atoms with van der Waals surface area (Å²) in [6.07, 6.45) is 2.52. The number of nitrogens with one attached hydrogen (secondary N) is 2. The first-order chi connectivity index (χ1) is 10.2. The molecule has 2 rings (SSSR count). The van der Waals surface area contributed by atoms with Crippen molar-refractivity contribution in [2.75, 3.05) is 11.9 Å². The van der Waals surface area contributed by atoms with Crippen LogP contribution >= 0.6 is 0 Å². The molecule has 1 unspecified atom stereocenters. The molecule has 1 aromatic heterocycles. The third kappa shape index (κ3) is 4.05. The van der Waals surface area contributed by atoms with Gasteiger partial charge in [-0.05, 0) is 31.0 Å². The molecule has 0 radical (unpaired) electrons. The van der Waals surface area contributed by atoms with Crippen LogP contribution in [0.25, 0.3) is 0 Å². The quantitative estimate of drug-likeness (QED) is 0.854. The molecule has 1 aromatic carbocycles. The SMILES string of the molecule is CCNc1ccc(C(=O)NC(CC)c2ccccc2)nc1. The second-order valence-electron chi connectivity index (χ2n) is 4.81. The van der Waals surface area contributed by atoms with Gasteiger partial charge in [-0.2, -0.15) is 0 Å². The number of hydrogen-bond acceptors (Lipinski definition) is 3. The number of pyridine rings is 1. The summed E-state index contributed by atoms with van der Waals surface area (Å²) in [6, 6.07) is 13.6. The van der Waals surface area contributed by atoms with E-state index in [9.17, 15) is 4.79 Å². The first-order valence-electron chi connectivity index (χ1n) is 7.30. The Morgan fingerprint density at radius 3 is 2.48 bits per heavy atom. The Morgan fingerprint density at radius 1 is 1.14 bits per heavy atom. The summed E-state index contributed by atoms with van der Waals surface area (Å²) >= 11 is 0. The zero-order valence-electron chi connectivity index (χ0n) is 12.5. The van der Waals surface area contributed by atoms with Crippen molar-refractivity contribution in [3.8, 4) is 0 Å². The molecule has 0 fully saturated rings. The summed E-state index contributed by atoms with van der Waals surface area (Å²) in [4.78, 5) is 16.5. The monoisotopic (exact) mass is 283 g/mol. The fraction of sp³-hybridized carbons (Fsp3) is 0.294. The van der Waals surface area contributed by atoms with Crippen molar-refractivity contribution in [2.24, 2.45) is 0 Å². The molecule has 0 saturated heterocycles. The number of nitrogens with zero attached hydrogens (tertiary/aromatic N) is 1. The van der Waals surface area contributed by atoms with E-state index < -0.39 is 0 Å². The van der Waals surface area contributed by atoms with E-state index in [1.165, 1.54) is 0 Å². The lowest BCUT2D eigenvalue weighted by atomic mass is 10.0. The lowest BCUT2D eigenvalue weighted by Crippen LogP contribution is -2.28. The van der Waals surface area contributed by atoms with E-state index in [1.807, 2.05) is 43.3 Å². The minimum Gasteiger partial charge on any atom is -0.384 e. The number of carbonyl (C=O) groups is 1. The van der Waals surface area contributed by atoms with Crippen molar-refractivity contribution >= 4 is 11.6 Å². The van der Waals surface area contributed by atoms with Crippen LogP contribution in [0.4, 0.5) is 5.69 Å². The Morgan fingerprint density at radius 2 is 1.90 bits per heavy atom. The van der Waals surface area contributed by atoms with Crippen molar-refractivity contribution in [3.05, 3.63) is 59.9 Å². The molecule has 0 bridgehead atoms. The highest BCUT2D eigenvalue weighted by atomic mass is 16.1. The van der Waals surface area contributed by atoms with Gasteiger partial charge in [-0.15, -0.1) is 0 Å². The van der Waals surface area contributed by atoms with Gasteiger partial charge in [-0.25, -0.2) is 4.98 Å². The van der Waals surface area contributed by atoms with Crippen molar-refractivity contribution in [1.29, 1.82) is 0 Å². The van der Waals surface area contributed by atoms with Crippen molar-refractivity contribution in [1.82, 2.24) is 10.3 Å². The number of hydrogen-bond donors (Lipinski definition) is 2. The molecule has 21 heavy (non-hydrogen) atoms. The van der Waals surface area contributed by atoms with Gasteiger partial charge in [0.15, 0.2) is 0 Å². The first kappa shape index (κ1) is 15.0. The summed E-state index contributed by atoms with van der Waals surface area (Å²) in [5.74, 6) is -0.145. The van der Waals surface area contributed by atoms with Crippen molar-refractivity contribution in [3.63, 3.8) is 0 Å². The second kappa shape index (κ2) is 7.43. The first-order valence-corrected chi connectivity index (χ1v) is 7.30. The molecule has 4 nitrogen and oxygen atoms in total. The maximum absolute atomic E-state index is 12.3. The summed E-state index contributed by atoms with van der Waals surface area (Å²) in [5, 5.41) is 6.19. The summed E-state index contributed by atoms with van der Waals surface area (Å²) in [5.41, 5.74) is 2.47. The lowest BCUT2D eigenvalue weighted by Gasteiger charge is -2.17. The predicted octanol–water partition coefficient (Wildman–Crippen LogP) is 3.39. The molecular weight excluding hydrogens is 262 g/mol. The smallest absolute Gasteiger partial charge is 0.270 e. The average molecular weight is 283 g/mol. The van der Waals surface area contributed by atoms with Gasteiger partial charge in [0.05, 0.1) is 17.9 Å². The number of aromatic nitrogens is 1. The Hall–Kier alpha value is -2.36. The van der Waals surface area contributed by atoms with E-state index in [4.69, 9.17) is 0 Å². The summed E-state index contributed by atoms with van der Waals surface area (Å²) in [7, 11) is 0. The zero-order valence-corrected chi connectivity index (χ0v) is 12.5. The molecule has 0 saturated carbocycles. The Kier molecular flexibility index (Phi) is 5.32. The topological polar surface area (TPSA) is 54.0 Å². The van der Waals surface area contributed by atoms with Gasteiger partial charge in [0.2, 0.25) is 0 Å². The molecule has 1 heterocycles. The van der Waals surface area contributed by atoms with Gasteiger partial charge >= 0.3 is 0 Å². The fourth-order valence-electron chi connectivity index (χ4n) is 2.18. The normalized spacial score (nSPS) is 11.7. The Labute approximate surface area is 125 Å². The van der Waals surface area contributed by atoms with Crippen LogP contribution in [0.15, 0.2) is 48.7 Å². The van der Waals surface area contributed by atoms with E-state index in [1.54, 1.807) is 12.3 Å². The molecule has 0 aliphatic heterocycles. The Balaban J connectivity index is 2.05. The van der Waals surface area contributed by atoms with Gasteiger partial charge in [-0.1, -0.05) is 37.3 Å². The van der Waals surface area contributed by atoms with Crippen molar-refractivity contribution in [2.45, 2.75) is 26.3 Å². The maximum atomic E-state index is 12.3. The van der Waals surface area contributed by atoms with Crippen LogP contribution < -0.4 is 10.6 Å². The fourth-order valence-corrected chi connectivity index (χ4v) is 2.18. The van der Waals surface area contributed by atoms with E-state index in [-0.39, 0.29) is 11.9 Å². The number of amides is 1. The zero-order chi connectivity index (χ0) is 15.1. The molecule has 4 heteroatoms. The standard InChI is InChI=1S/C17H21N3O/c1-3-15(13-8-6-5-7-9-13)20-17(21)16-11-10-14(12-19-16)18-4-2/h5-12,15,18H,3-4H2,1-2H3,(H,20,21). The largest absolute Gasteiger partial charge is 0.384 e. The van der Waals surface area contributed by atoms with Crippen LogP contribution in [0.2, 0.25) is 0 Å².